The summed E-state index contributed by atoms with van der Waals surface area (Å²) in [7, 11) is 0. The first-order chi connectivity index (χ1) is 10.7. The maximum absolute atomic E-state index is 5.82. The van der Waals surface area contributed by atoms with Crippen molar-refractivity contribution in [3.63, 3.8) is 0 Å². The Morgan fingerprint density at radius 2 is 1.95 bits per heavy atom. The Bertz CT molecular complexity index is 786. The lowest BCUT2D eigenvalue weighted by atomic mass is 10.1. The van der Waals surface area contributed by atoms with Crippen molar-refractivity contribution in [2.45, 2.75) is 27.2 Å². The van der Waals surface area contributed by atoms with Gasteiger partial charge in [0.2, 0.25) is 0 Å². The maximum atomic E-state index is 5.82. The number of aryl methyl sites for hydroxylation is 2. The Morgan fingerprint density at radius 3 is 2.59 bits per heavy atom. The number of ether oxygens (including phenoxy) is 1. The van der Waals surface area contributed by atoms with Crippen LogP contribution in [0.2, 0.25) is 0 Å². The summed E-state index contributed by atoms with van der Waals surface area (Å²) in [6.07, 6.45) is 0.820. The van der Waals surface area contributed by atoms with E-state index >= 15 is 0 Å². The fourth-order valence-corrected chi connectivity index (χ4v) is 3.68. The van der Waals surface area contributed by atoms with Gasteiger partial charge in [0, 0.05) is 22.6 Å². The smallest absolute Gasteiger partial charge is 0.194 e. The molecule has 116 valence electrons. The molecule has 0 atom stereocenters. The molecule has 2 N–H and O–H groups in total. The average molecular weight is 315 g/mol. The van der Waals surface area contributed by atoms with E-state index in [0.717, 1.165) is 28.4 Å². The Balaban J connectivity index is 2.11. The number of thiazole rings is 1. The van der Waals surface area contributed by atoms with Gasteiger partial charge in [-0.05, 0) is 51.6 Å². The van der Waals surface area contributed by atoms with E-state index in [-0.39, 0.29) is 0 Å². The molecule has 2 heterocycles. The van der Waals surface area contributed by atoms with E-state index in [1.54, 1.807) is 11.3 Å². The largest absolute Gasteiger partial charge is 0.494 e. The number of hydrogen-bond acceptors (Lipinski definition) is 4. The summed E-state index contributed by atoms with van der Waals surface area (Å²) in [5, 5.41) is 0. The number of fused-ring (bicyclic) bond motifs is 1. The Labute approximate surface area is 134 Å². The summed E-state index contributed by atoms with van der Waals surface area (Å²) >= 11 is 1.73. The van der Waals surface area contributed by atoms with E-state index < -0.39 is 0 Å². The molecule has 3 aromatic rings. The molecule has 0 aliphatic heterocycles. The number of nitrogens with zero attached hydrogens (tertiary/aromatic N) is 2. The summed E-state index contributed by atoms with van der Waals surface area (Å²) in [5.74, 6) is 0.889. The third kappa shape index (κ3) is 2.51. The molecule has 0 saturated carbocycles. The summed E-state index contributed by atoms with van der Waals surface area (Å²) in [4.78, 5) is 7.19. The molecule has 3 rings (SSSR count). The van der Waals surface area contributed by atoms with E-state index in [0.29, 0.717) is 13.2 Å². The topological polar surface area (TPSA) is 52.5 Å². The Kier molecular flexibility index (Phi) is 4.18. The van der Waals surface area contributed by atoms with Crippen LogP contribution in [0.25, 0.3) is 16.2 Å². The van der Waals surface area contributed by atoms with E-state index in [1.807, 2.05) is 19.1 Å². The van der Waals surface area contributed by atoms with Crippen molar-refractivity contribution in [3.05, 3.63) is 40.5 Å². The lowest BCUT2D eigenvalue weighted by Crippen LogP contribution is -2.06. The number of aromatic nitrogens is 2. The third-order valence-corrected chi connectivity index (χ3v) is 4.91. The van der Waals surface area contributed by atoms with Gasteiger partial charge in [-0.25, -0.2) is 4.98 Å². The quantitative estimate of drug-likeness (QED) is 0.783. The minimum atomic E-state index is 0.617. The SMILES string of the molecule is CCOc1ccc(-c2nc3sc(C)c(C)n3c2CCN)cc1. The van der Waals surface area contributed by atoms with E-state index in [4.69, 9.17) is 15.5 Å². The van der Waals surface area contributed by atoms with Crippen LogP contribution in [0.3, 0.4) is 0 Å². The Morgan fingerprint density at radius 1 is 1.23 bits per heavy atom. The highest BCUT2D eigenvalue weighted by molar-refractivity contribution is 7.17. The van der Waals surface area contributed by atoms with Crippen LogP contribution in [-0.4, -0.2) is 22.5 Å². The highest BCUT2D eigenvalue weighted by atomic mass is 32.1. The van der Waals surface area contributed by atoms with Gasteiger partial charge in [-0.1, -0.05) is 0 Å². The molecule has 2 aromatic heterocycles. The number of imidazole rings is 1. The first-order valence-electron chi connectivity index (χ1n) is 7.56. The highest BCUT2D eigenvalue weighted by Gasteiger charge is 2.17. The minimum Gasteiger partial charge on any atom is -0.494 e. The second-order valence-electron chi connectivity index (χ2n) is 5.26. The second kappa shape index (κ2) is 6.10. The zero-order valence-corrected chi connectivity index (χ0v) is 14.0. The second-order valence-corrected chi connectivity index (χ2v) is 6.45. The van der Waals surface area contributed by atoms with Gasteiger partial charge < -0.3 is 10.5 Å². The van der Waals surface area contributed by atoms with Gasteiger partial charge in [0.25, 0.3) is 0 Å². The van der Waals surface area contributed by atoms with Crippen molar-refractivity contribution >= 4 is 16.3 Å². The van der Waals surface area contributed by atoms with Gasteiger partial charge >= 0.3 is 0 Å². The van der Waals surface area contributed by atoms with Gasteiger partial charge in [-0.3, -0.25) is 4.40 Å². The van der Waals surface area contributed by atoms with Crippen LogP contribution in [0.1, 0.15) is 23.2 Å². The van der Waals surface area contributed by atoms with Crippen LogP contribution in [-0.2, 0) is 6.42 Å². The maximum Gasteiger partial charge on any atom is 0.194 e. The van der Waals surface area contributed by atoms with Gasteiger partial charge in [-0.2, -0.15) is 0 Å². The molecule has 0 spiro atoms. The van der Waals surface area contributed by atoms with E-state index in [2.05, 4.69) is 30.4 Å². The van der Waals surface area contributed by atoms with Crippen molar-refractivity contribution in [2.24, 2.45) is 5.73 Å². The Hall–Kier alpha value is -1.85. The molecule has 0 bridgehead atoms. The fourth-order valence-electron chi connectivity index (χ4n) is 2.69. The molecule has 0 unspecified atom stereocenters. The van der Waals surface area contributed by atoms with Gasteiger partial charge in [-0.15, -0.1) is 11.3 Å². The molecule has 5 heteroatoms. The standard InChI is InChI=1S/C17H21N3OS/c1-4-21-14-7-5-13(6-8-14)16-15(9-10-18)20-11(2)12(3)22-17(20)19-16/h5-8H,4,9-10,18H2,1-3H3. The first-order valence-corrected chi connectivity index (χ1v) is 8.38. The number of rotatable bonds is 5. The summed E-state index contributed by atoms with van der Waals surface area (Å²) in [6.45, 7) is 7.56. The molecule has 0 aliphatic carbocycles. The molecular weight excluding hydrogens is 294 g/mol. The van der Waals surface area contributed by atoms with Crippen molar-refractivity contribution in [1.82, 2.24) is 9.38 Å². The monoisotopic (exact) mass is 315 g/mol. The average Bonchev–Trinajstić information content (AvgIpc) is 2.99. The molecular formula is C17H21N3OS. The predicted octanol–water partition coefficient (Wildman–Crippen LogP) is 3.58. The molecule has 0 aliphatic rings. The van der Waals surface area contributed by atoms with Crippen LogP contribution in [0.5, 0.6) is 5.75 Å². The van der Waals surface area contributed by atoms with Crippen LogP contribution in [0, 0.1) is 13.8 Å². The van der Waals surface area contributed by atoms with Crippen molar-refractivity contribution in [1.29, 1.82) is 0 Å². The molecule has 0 saturated heterocycles. The lowest BCUT2D eigenvalue weighted by Gasteiger charge is -2.06. The zero-order valence-electron chi connectivity index (χ0n) is 13.2. The third-order valence-electron chi connectivity index (χ3n) is 3.85. The van der Waals surface area contributed by atoms with Crippen LogP contribution < -0.4 is 10.5 Å². The van der Waals surface area contributed by atoms with E-state index in [9.17, 15) is 0 Å². The van der Waals surface area contributed by atoms with Crippen molar-refractivity contribution < 1.29 is 4.74 Å². The van der Waals surface area contributed by atoms with Crippen molar-refractivity contribution in [2.75, 3.05) is 13.2 Å². The molecule has 1 aromatic carbocycles. The number of benzene rings is 1. The fraction of sp³-hybridized carbons (Fsp3) is 0.353. The molecule has 4 nitrogen and oxygen atoms in total. The number of nitrogens with two attached hydrogens (primary N) is 1. The predicted molar refractivity (Wildman–Crippen MR) is 91.9 cm³/mol. The number of hydrogen-bond donors (Lipinski definition) is 1. The van der Waals surface area contributed by atoms with Gasteiger partial charge in [0.15, 0.2) is 4.96 Å². The van der Waals surface area contributed by atoms with Crippen LogP contribution >= 0.6 is 11.3 Å². The molecule has 0 amide bonds. The minimum absolute atomic E-state index is 0.617. The van der Waals surface area contributed by atoms with Crippen LogP contribution in [0.4, 0.5) is 0 Å². The summed E-state index contributed by atoms with van der Waals surface area (Å²) < 4.78 is 7.76. The molecule has 22 heavy (non-hydrogen) atoms. The molecule has 0 fully saturated rings. The normalized spacial score (nSPS) is 11.3. The lowest BCUT2D eigenvalue weighted by molar-refractivity contribution is 0.340. The van der Waals surface area contributed by atoms with Crippen LogP contribution in [0.15, 0.2) is 24.3 Å². The summed E-state index contributed by atoms with van der Waals surface area (Å²) in [5.41, 5.74) is 10.4. The molecule has 0 radical (unpaired) electrons. The summed E-state index contributed by atoms with van der Waals surface area (Å²) in [6, 6.07) is 8.13. The first kappa shape index (κ1) is 15.1. The zero-order chi connectivity index (χ0) is 15.7. The highest BCUT2D eigenvalue weighted by Crippen LogP contribution is 2.31. The van der Waals surface area contributed by atoms with Gasteiger partial charge in [0.05, 0.1) is 18.0 Å². The van der Waals surface area contributed by atoms with Crippen molar-refractivity contribution in [3.8, 4) is 17.0 Å². The van der Waals surface area contributed by atoms with E-state index in [1.165, 1.54) is 16.3 Å². The van der Waals surface area contributed by atoms with Gasteiger partial charge in [0.1, 0.15) is 5.75 Å².